The highest BCUT2D eigenvalue weighted by atomic mass is 16.3. The van der Waals surface area contributed by atoms with E-state index < -0.39 is 0 Å². The molecule has 0 saturated carbocycles. The van der Waals surface area contributed by atoms with E-state index in [0.29, 0.717) is 12.6 Å². The minimum absolute atomic E-state index is 0.185. The molecule has 1 saturated heterocycles. The van der Waals surface area contributed by atoms with E-state index in [1.807, 2.05) is 11.6 Å². The Hall–Kier alpha value is -0.980. The maximum atomic E-state index is 9.10. The van der Waals surface area contributed by atoms with Gasteiger partial charge < -0.3 is 15.0 Å². The second-order valence-corrected chi connectivity index (χ2v) is 4.61. The number of rotatable bonds is 6. The fourth-order valence-electron chi connectivity index (χ4n) is 2.25. The molecule has 96 valence electrons. The maximum absolute atomic E-state index is 9.10. The zero-order chi connectivity index (χ0) is 12.1. The normalized spacial score (nSPS) is 20.3. The van der Waals surface area contributed by atoms with E-state index >= 15 is 0 Å². The zero-order valence-electron chi connectivity index (χ0n) is 10.3. The highest BCUT2D eigenvalue weighted by molar-refractivity contribution is 4.86. The highest BCUT2D eigenvalue weighted by Gasteiger charge is 2.18. The molecule has 1 fully saturated rings. The average molecular weight is 239 g/mol. The number of aromatic nitrogens is 3. The lowest BCUT2D eigenvalue weighted by Crippen LogP contribution is -2.39. The quantitative estimate of drug-likeness (QED) is 0.691. The molecule has 0 aliphatic carbocycles. The third-order valence-electron chi connectivity index (χ3n) is 3.23. The predicted molar refractivity (Wildman–Crippen MR) is 64.4 cm³/mol. The summed E-state index contributed by atoms with van der Waals surface area (Å²) >= 11 is 0. The first kappa shape index (κ1) is 12.5. The van der Waals surface area contributed by atoms with E-state index in [-0.39, 0.29) is 6.61 Å². The predicted octanol–water partition coefficient (Wildman–Crippen LogP) is -0.639. The molecule has 6 heteroatoms. The third-order valence-corrected chi connectivity index (χ3v) is 3.23. The standard InChI is InChI=1S/C11H21N5O/c1-15-9-13-14-11(15)8-16(5-6-17)7-10-3-2-4-12-10/h9-10,12,17H,2-8H2,1H3. The van der Waals surface area contributed by atoms with Crippen molar-refractivity contribution in [2.45, 2.75) is 25.4 Å². The lowest BCUT2D eigenvalue weighted by molar-refractivity contribution is 0.175. The molecule has 0 bridgehead atoms. The van der Waals surface area contributed by atoms with Gasteiger partial charge in [0.2, 0.25) is 0 Å². The van der Waals surface area contributed by atoms with E-state index in [1.165, 1.54) is 12.8 Å². The Morgan fingerprint density at radius 3 is 3.12 bits per heavy atom. The van der Waals surface area contributed by atoms with Crippen molar-refractivity contribution in [3.8, 4) is 0 Å². The molecule has 1 aromatic rings. The Labute approximate surface area is 102 Å². The van der Waals surface area contributed by atoms with Crippen molar-refractivity contribution >= 4 is 0 Å². The van der Waals surface area contributed by atoms with Crippen LogP contribution >= 0.6 is 0 Å². The van der Waals surface area contributed by atoms with Crippen LogP contribution in [-0.2, 0) is 13.6 Å². The monoisotopic (exact) mass is 239 g/mol. The summed E-state index contributed by atoms with van der Waals surface area (Å²) < 4.78 is 1.92. The van der Waals surface area contributed by atoms with Crippen LogP contribution in [0.15, 0.2) is 6.33 Å². The van der Waals surface area contributed by atoms with Crippen molar-refractivity contribution in [3.05, 3.63) is 12.2 Å². The fraction of sp³-hybridized carbons (Fsp3) is 0.818. The topological polar surface area (TPSA) is 66.2 Å². The molecule has 2 rings (SSSR count). The molecule has 1 aliphatic heterocycles. The second-order valence-electron chi connectivity index (χ2n) is 4.61. The van der Waals surface area contributed by atoms with E-state index in [4.69, 9.17) is 5.11 Å². The minimum Gasteiger partial charge on any atom is -0.395 e. The van der Waals surface area contributed by atoms with Crippen molar-refractivity contribution in [3.63, 3.8) is 0 Å². The molecule has 2 heterocycles. The molecule has 0 radical (unpaired) electrons. The molecular weight excluding hydrogens is 218 g/mol. The first-order valence-corrected chi connectivity index (χ1v) is 6.19. The highest BCUT2D eigenvalue weighted by Crippen LogP contribution is 2.08. The number of aliphatic hydroxyl groups excluding tert-OH is 1. The van der Waals surface area contributed by atoms with E-state index in [1.54, 1.807) is 6.33 Å². The molecule has 17 heavy (non-hydrogen) atoms. The summed E-state index contributed by atoms with van der Waals surface area (Å²) in [4.78, 5) is 2.23. The summed E-state index contributed by atoms with van der Waals surface area (Å²) in [5.74, 6) is 0.941. The first-order valence-electron chi connectivity index (χ1n) is 6.19. The van der Waals surface area contributed by atoms with Crippen LogP contribution in [0.1, 0.15) is 18.7 Å². The van der Waals surface area contributed by atoms with Crippen molar-refractivity contribution < 1.29 is 5.11 Å². The van der Waals surface area contributed by atoms with Gasteiger partial charge >= 0.3 is 0 Å². The third kappa shape index (κ3) is 3.49. The molecule has 1 atom stereocenters. The zero-order valence-corrected chi connectivity index (χ0v) is 10.3. The van der Waals surface area contributed by atoms with E-state index in [0.717, 1.165) is 25.5 Å². The van der Waals surface area contributed by atoms with Gasteiger partial charge in [-0.2, -0.15) is 0 Å². The van der Waals surface area contributed by atoms with Crippen LogP contribution in [0.4, 0.5) is 0 Å². The lowest BCUT2D eigenvalue weighted by Gasteiger charge is -2.24. The Bertz CT molecular complexity index is 334. The fourth-order valence-corrected chi connectivity index (χ4v) is 2.25. The van der Waals surface area contributed by atoms with Gasteiger partial charge in [-0.1, -0.05) is 0 Å². The maximum Gasteiger partial charge on any atom is 0.146 e. The summed E-state index contributed by atoms with van der Waals surface area (Å²) in [7, 11) is 1.94. The van der Waals surface area contributed by atoms with Gasteiger partial charge in [0.1, 0.15) is 12.2 Å². The molecule has 1 unspecified atom stereocenters. The molecule has 0 amide bonds. The van der Waals surface area contributed by atoms with Gasteiger partial charge in [-0.3, -0.25) is 4.90 Å². The van der Waals surface area contributed by atoms with Crippen LogP contribution in [0.5, 0.6) is 0 Å². The van der Waals surface area contributed by atoms with Crippen LogP contribution in [0.3, 0.4) is 0 Å². The number of hydrogen-bond donors (Lipinski definition) is 2. The molecule has 1 aromatic heterocycles. The first-order chi connectivity index (χ1) is 8.29. The van der Waals surface area contributed by atoms with Gasteiger partial charge in [-0.25, -0.2) is 0 Å². The number of hydrogen-bond acceptors (Lipinski definition) is 5. The Morgan fingerprint density at radius 2 is 2.53 bits per heavy atom. The molecule has 0 spiro atoms. The van der Waals surface area contributed by atoms with Gasteiger partial charge in [0.25, 0.3) is 0 Å². The molecule has 0 aromatic carbocycles. The average Bonchev–Trinajstić information content (AvgIpc) is 2.92. The van der Waals surface area contributed by atoms with Crippen molar-refractivity contribution in [1.82, 2.24) is 25.0 Å². The van der Waals surface area contributed by atoms with Crippen molar-refractivity contribution in [2.24, 2.45) is 7.05 Å². The SMILES string of the molecule is Cn1cnnc1CN(CCO)CC1CCCN1. The summed E-state index contributed by atoms with van der Waals surface area (Å²) in [6.45, 7) is 3.69. The number of nitrogens with zero attached hydrogens (tertiary/aromatic N) is 4. The van der Waals surface area contributed by atoms with Crippen molar-refractivity contribution in [2.75, 3.05) is 26.2 Å². The Morgan fingerprint density at radius 1 is 1.65 bits per heavy atom. The number of aliphatic hydroxyl groups is 1. The van der Waals surface area contributed by atoms with Crippen LogP contribution in [-0.4, -0.2) is 57.1 Å². The summed E-state index contributed by atoms with van der Waals surface area (Å²) in [5, 5.41) is 20.5. The molecule has 6 nitrogen and oxygen atoms in total. The second kappa shape index (κ2) is 6.09. The molecule has 1 aliphatic rings. The van der Waals surface area contributed by atoms with E-state index in [2.05, 4.69) is 20.4 Å². The van der Waals surface area contributed by atoms with Gasteiger partial charge in [-0.15, -0.1) is 10.2 Å². The van der Waals surface area contributed by atoms with E-state index in [9.17, 15) is 0 Å². The summed E-state index contributed by atoms with van der Waals surface area (Å²) in [6, 6.07) is 0.551. The lowest BCUT2D eigenvalue weighted by atomic mass is 10.2. The Balaban J connectivity index is 1.89. The van der Waals surface area contributed by atoms with Gasteiger partial charge in [-0.05, 0) is 19.4 Å². The number of aryl methyl sites for hydroxylation is 1. The molecule has 2 N–H and O–H groups in total. The minimum atomic E-state index is 0.185. The van der Waals surface area contributed by atoms with Gasteiger partial charge in [0.05, 0.1) is 13.2 Å². The number of nitrogens with one attached hydrogen (secondary N) is 1. The van der Waals surface area contributed by atoms with Gasteiger partial charge in [0.15, 0.2) is 0 Å². The van der Waals surface area contributed by atoms with Crippen LogP contribution in [0, 0.1) is 0 Å². The van der Waals surface area contributed by atoms with Gasteiger partial charge in [0, 0.05) is 26.2 Å². The van der Waals surface area contributed by atoms with Crippen molar-refractivity contribution in [1.29, 1.82) is 0 Å². The summed E-state index contributed by atoms with van der Waals surface area (Å²) in [6.07, 6.45) is 4.18. The van der Waals surface area contributed by atoms with Crippen LogP contribution in [0.25, 0.3) is 0 Å². The van der Waals surface area contributed by atoms with Crippen LogP contribution < -0.4 is 5.32 Å². The van der Waals surface area contributed by atoms with Crippen LogP contribution in [0.2, 0.25) is 0 Å². The Kier molecular flexibility index (Phi) is 4.47. The smallest absolute Gasteiger partial charge is 0.146 e. The summed E-state index contributed by atoms with van der Waals surface area (Å²) in [5.41, 5.74) is 0. The largest absolute Gasteiger partial charge is 0.395 e. The molecular formula is C11H21N5O.